The van der Waals surface area contributed by atoms with Gasteiger partial charge in [-0.25, -0.2) is 0 Å². The van der Waals surface area contributed by atoms with Crippen molar-refractivity contribution in [2.24, 2.45) is 0 Å². The Hall–Kier alpha value is -1.26. The number of rotatable bonds is 2. The van der Waals surface area contributed by atoms with E-state index < -0.39 is 0 Å². The molecule has 0 atom stereocenters. The molecule has 1 aromatic heterocycles. The highest BCUT2D eigenvalue weighted by Crippen LogP contribution is 2.19. The zero-order valence-corrected chi connectivity index (χ0v) is 10.4. The zero-order chi connectivity index (χ0) is 11.5. The van der Waals surface area contributed by atoms with E-state index in [9.17, 15) is 4.79 Å². The van der Waals surface area contributed by atoms with Gasteiger partial charge in [-0.15, -0.1) is 24.0 Å². The summed E-state index contributed by atoms with van der Waals surface area (Å²) in [4.78, 5) is 13.3. The van der Waals surface area contributed by atoms with Gasteiger partial charge in [0.1, 0.15) is 0 Å². The van der Waals surface area contributed by atoms with Gasteiger partial charge in [0.15, 0.2) is 0 Å². The predicted molar refractivity (Wildman–Crippen MR) is 70.7 cm³/mol. The molecular formula is C12H11NOS2. The van der Waals surface area contributed by atoms with E-state index in [1.807, 2.05) is 36.6 Å². The number of nitrogens with one attached hydrogen (secondary N) is 1. The second kappa shape index (κ2) is 4.72. The van der Waals surface area contributed by atoms with E-state index in [1.165, 1.54) is 16.9 Å². The van der Waals surface area contributed by atoms with Gasteiger partial charge in [0.2, 0.25) is 0 Å². The molecule has 82 valence electrons. The molecule has 2 aromatic rings. The molecule has 1 aromatic carbocycles. The number of hydrogen-bond donors (Lipinski definition) is 2. The second-order valence-electron chi connectivity index (χ2n) is 3.49. The van der Waals surface area contributed by atoms with E-state index in [-0.39, 0.29) is 5.91 Å². The van der Waals surface area contributed by atoms with Crippen molar-refractivity contribution in [2.45, 2.75) is 11.8 Å². The molecule has 2 rings (SSSR count). The van der Waals surface area contributed by atoms with Crippen LogP contribution in [0.1, 0.15) is 15.2 Å². The number of amides is 1. The molecule has 0 bridgehead atoms. The molecule has 0 fully saturated rings. The molecule has 0 radical (unpaired) electrons. The molecule has 1 N–H and O–H groups in total. The fraction of sp³-hybridized carbons (Fsp3) is 0.0833. The van der Waals surface area contributed by atoms with Crippen LogP contribution in [0.4, 0.5) is 5.69 Å². The molecular weight excluding hydrogens is 238 g/mol. The number of aryl methyl sites for hydroxylation is 1. The van der Waals surface area contributed by atoms with E-state index in [2.05, 4.69) is 17.9 Å². The first-order chi connectivity index (χ1) is 7.65. The summed E-state index contributed by atoms with van der Waals surface area (Å²) in [6.45, 7) is 2.01. The van der Waals surface area contributed by atoms with Crippen LogP contribution in [-0.2, 0) is 0 Å². The molecule has 0 spiro atoms. The summed E-state index contributed by atoms with van der Waals surface area (Å²) in [6, 6.07) is 9.48. The lowest BCUT2D eigenvalue weighted by Crippen LogP contribution is -2.09. The van der Waals surface area contributed by atoms with E-state index in [0.29, 0.717) is 4.88 Å². The van der Waals surface area contributed by atoms with Crippen LogP contribution >= 0.6 is 24.0 Å². The van der Waals surface area contributed by atoms with E-state index >= 15 is 0 Å². The third kappa shape index (κ3) is 2.65. The highest BCUT2D eigenvalue weighted by Gasteiger charge is 2.07. The summed E-state index contributed by atoms with van der Waals surface area (Å²) in [6.07, 6.45) is 0. The third-order valence-electron chi connectivity index (χ3n) is 2.12. The summed E-state index contributed by atoms with van der Waals surface area (Å²) in [5, 5.41) is 4.68. The Bertz CT molecular complexity index is 502. The Labute approximate surface area is 104 Å². The van der Waals surface area contributed by atoms with Crippen molar-refractivity contribution in [1.29, 1.82) is 0 Å². The normalized spacial score (nSPS) is 10.1. The summed E-state index contributed by atoms with van der Waals surface area (Å²) in [5.74, 6) is -0.0887. The molecule has 2 nitrogen and oxygen atoms in total. The lowest BCUT2D eigenvalue weighted by Gasteiger charge is -2.03. The van der Waals surface area contributed by atoms with Gasteiger partial charge >= 0.3 is 0 Å². The van der Waals surface area contributed by atoms with Gasteiger partial charge in [-0.1, -0.05) is 17.7 Å². The minimum absolute atomic E-state index is 0.0887. The number of thiol groups is 1. The van der Waals surface area contributed by atoms with Crippen LogP contribution in [0.2, 0.25) is 0 Å². The molecule has 4 heteroatoms. The van der Waals surface area contributed by atoms with Gasteiger partial charge in [0.05, 0.1) is 4.88 Å². The van der Waals surface area contributed by atoms with Crippen molar-refractivity contribution < 1.29 is 4.79 Å². The number of benzene rings is 1. The minimum atomic E-state index is -0.0887. The lowest BCUT2D eigenvalue weighted by atomic mass is 10.2. The topological polar surface area (TPSA) is 29.1 Å². The maximum Gasteiger partial charge on any atom is 0.265 e. The maximum absolute atomic E-state index is 11.8. The first kappa shape index (κ1) is 11.2. The molecule has 0 aliphatic heterocycles. The fourth-order valence-corrected chi connectivity index (χ4v) is 2.32. The molecule has 16 heavy (non-hydrogen) atoms. The molecule has 1 amide bonds. The van der Waals surface area contributed by atoms with Crippen molar-refractivity contribution in [3.05, 3.63) is 46.2 Å². The number of thiophene rings is 1. The zero-order valence-electron chi connectivity index (χ0n) is 8.73. The van der Waals surface area contributed by atoms with Crippen LogP contribution in [0, 0.1) is 6.92 Å². The Morgan fingerprint density at radius 2 is 2.00 bits per heavy atom. The average molecular weight is 249 g/mol. The molecule has 0 aliphatic carbocycles. The Balaban J connectivity index is 2.10. The molecule has 0 saturated heterocycles. The maximum atomic E-state index is 11.8. The van der Waals surface area contributed by atoms with Crippen molar-refractivity contribution >= 4 is 35.6 Å². The summed E-state index contributed by atoms with van der Waals surface area (Å²) < 4.78 is 0. The van der Waals surface area contributed by atoms with Crippen molar-refractivity contribution in [1.82, 2.24) is 0 Å². The average Bonchev–Trinajstić information content (AvgIpc) is 2.68. The van der Waals surface area contributed by atoms with Gasteiger partial charge in [-0.05, 0) is 25.1 Å². The number of hydrogen-bond acceptors (Lipinski definition) is 3. The van der Waals surface area contributed by atoms with Crippen LogP contribution in [0.15, 0.2) is 40.6 Å². The molecule has 0 unspecified atom stereocenters. The van der Waals surface area contributed by atoms with Crippen LogP contribution in [-0.4, -0.2) is 5.91 Å². The highest BCUT2D eigenvalue weighted by molar-refractivity contribution is 7.80. The Morgan fingerprint density at radius 1 is 1.31 bits per heavy atom. The molecule has 0 aliphatic rings. The molecule has 0 saturated carbocycles. The summed E-state index contributed by atoms with van der Waals surface area (Å²) in [7, 11) is 0. The van der Waals surface area contributed by atoms with E-state index in [0.717, 1.165) is 10.6 Å². The minimum Gasteiger partial charge on any atom is -0.321 e. The summed E-state index contributed by atoms with van der Waals surface area (Å²) >= 11 is 5.56. The Morgan fingerprint density at radius 3 is 2.56 bits per heavy atom. The van der Waals surface area contributed by atoms with Crippen molar-refractivity contribution in [2.75, 3.05) is 5.32 Å². The smallest absolute Gasteiger partial charge is 0.265 e. The first-order valence-corrected chi connectivity index (χ1v) is 6.13. The van der Waals surface area contributed by atoms with E-state index in [1.54, 1.807) is 6.07 Å². The SMILES string of the molecule is Cc1ccc(NC(=O)c2cc(S)cs2)cc1. The number of anilines is 1. The van der Waals surface area contributed by atoms with Crippen LogP contribution in [0.3, 0.4) is 0 Å². The third-order valence-corrected chi connectivity index (χ3v) is 3.48. The van der Waals surface area contributed by atoms with Gasteiger partial charge in [-0.3, -0.25) is 4.79 Å². The second-order valence-corrected chi connectivity index (χ2v) is 4.92. The monoisotopic (exact) mass is 249 g/mol. The predicted octanol–water partition coefficient (Wildman–Crippen LogP) is 3.60. The van der Waals surface area contributed by atoms with Crippen LogP contribution < -0.4 is 5.32 Å². The quantitative estimate of drug-likeness (QED) is 0.782. The van der Waals surface area contributed by atoms with Gasteiger partial charge in [0.25, 0.3) is 5.91 Å². The number of carbonyl (C=O) groups is 1. The number of carbonyl (C=O) groups excluding carboxylic acids is 1. The lowest BCUT2D eigenvalue weighted by molar-refractivity contribution is 0.103. The van der Waals surface area contributed by atoms with Crippen molar-refractivity contribution in [3.8, 4) is 0 Å². The van der Waals surface area contributed by atoms with Gasteiger partial charge in [-0.2, -0.15) is 0 Å². The van der Waals surface area contributed by atoms with Crippen LogP contribution in [0.5, 0.6) is 0 Å². The largest absolute Gasteiger partial charge is 0.321 e. The van der Waals surface area contributed by atoms with E-state index in [4.69, 9.17) is 0 Å². The van der Waals surface area contributed by atoms with Gasteiger partial charge < -0.3 is 5.32 Å². The van der Waals surface area contributed by atoms with Gasteiger partial charge in [0, 0.05) is 16.0 Å². The first-order valence-electron chi connectivity index (χ1n) is 4.80. The van der Waals surface area contributed by atoms with Crippen molar-refractivity contribution in [3.63, 3.8) is 0 Å². The van der Waals surface area contributed by atoms with Crippen LogP contribution in [0.25, 0.3) is 0 Å². The Kier molecular flexibility index (Phi) is 3.31. The summed E-state index contributed by atoms with van der Waals surface area (Å²) in [5.41, 5.74) is 1.98. The molecule has 1 heterocycles. The standard InChI is InChI=1S/C12H11NOS2/c1-8-2-4-9(5-3-8)13-12(14)11-6-10(15)7-16-11/h2-7,15H,1H3,(H,13,14). The fourth-order valence-electron chi connectivity index (χ4n) is 1.27. The highest BCUT2D eigenvalue weighted by atomic mass is 32.1.